The number of anilines is 2. The van der Waals surface area contributed by atoms with Crippen LogP contribution in [0.15, 0.2) is 72.9 Å². The van der Waals surface area contributed by atoms with Gasteiger partial charge in [-0.25, -0.2) is 4.98 Å². The van der Waals surface area contributed by atoms with Crippen LogP contribution in [0.2, 0.25) is 0 Å². The van der Waals surface area contributed by atoms with Gasteiger partial charge in [-0.2, -0.15) is 0 Å². The van der Waals surface area contributed by atoms with E-state index in [1.807, 2.05) is 68.5 Å². The van der Waals surface area contributed by atoms with Crippen molar-refractivity contribution >= 4 is 39.2 Å². The Labute approximate surface area is 180 Å². The first-order valence-corrected chi connectivity index (χ1v) is 10.1. The van der Waals surface area contributed by atoms with Crippen LogP contribution in [0.3, 0.4) is 0 Å². The minimum absolute atomic E-state index is 0.144. The van der Waals surface area contributed by atoms with Crippen LogP contribution in [-0.2, 0) is 7.05 Å². The van der Waals surface area contributed by atoms with Gasteiger partial charge in [-0.15, -0.1) is 0 Å². The summed E-state index contributed by atoms with van der Waals surface area (Å²) in [6, 6.07) is 21.6. The number of amides is 1. The average molecular weight is 409 g/mol. The van der Waals surface area contributed by atoms with Gasteiger partial charge in [0.2, 0.25) is 0 Å². The number of aryl methyl sites for hydroxylation is 1. The Morgan fingerprint density at radius 3 is 2.58 bits per heavy atom. The van der Waals surface area contributed by atoms with Crippen LogP contribution >= 0.6 is 0 Å². The molecule has 5 aromatic rings. The second-order valence-electron chi connectivity index (χ2n) is 7.91. The third kappa shape index (κ3) is 3.53. The van der Waals surface area contributed by atoms with E-state index in [1.54, 1.807) is 0 Å². The lowest BCUT2D eigenvalue weighted by Gasteiger charge is -2.12. The summed E-state index contributed by atoms with van der Waals surface area (Å²) in [6.07, 6.45) is 2.05. The van der Waals surface area contributed by atoms with E-state index in [4.69, 9.17) is 4.98 Å². The molecule has 0 fully saturated rings. The number of aromatic amines is 1. The predicted molar refractivity (Wildman–Crippen MR) is 127 cm³/mol. The fraction of sp³-hybridized carbons (Fsp3) is 0.120. The molecule has 0 atom stereocenters. The molecule has 2 heterocycles. The van der Waals surface area contributed by atoms with Crippen LogP contribution in [-0.4, -0.2) is 34.5 Å². The second kappa shape index (κ2) is 7.32. The lowest BCUT2D eigenvalue weighted by Crippen LogP contribution is -2.13. The number of fused-ring (bicyclic) bond motifs is 2. The monoisotopic (exact) mass is 409 g/mol. The molecule has 6 heteroatoms. The largest absolute Gasteiger partial charge is 0.378 e. The van der Waals surface area contributed by atoms with Crippen LogP contribution in [0, 0.1) is 0 Å². The molecule has 0 aliphatic heterocycles. The number of benzene rings is 3. The molecule has 0 spiro atoms. The van der Waals surface area contributed by atoms with Gasteiger partial charge in [-0.05, 0) is 60.0 Å². The van der Waals surface area contributed by atoms with Crippen LogP contribution in [0.5, 0.6) is 0 Å². The van der Waals surface area contributed by atoms with E-state index in [0.29, 0.717) is 11.3 Å². The third-order valence-electron chi connectivity index (χ3n) is 5.55. The lowest BCUT2D eigenvalue weighted by molar-refractivity contribution is 0.102. The molecule has 3 aromatic carbocycles. The van der Waals surface area contributed by atoms with Gasteiger partial charge in [0.15, 0.2) is 0 Å². The van der Waals surface area contributed by atoms with Gasteiger partial charge in [0.1, 0.15) is 5.82 Å². The van der Waals surface area contributed by atoms with Crippen molar-refractivity contribution in [3.05, 3.63) is 78.5 Å². The molecule has 0 aliphatic carbocycles. The Morgan fingerprint density at radius 2 is 1.81 bits per heavy atom. The minimum atomic E-state index is -0.144. The summed E-state index contributed by atoms with van der Waals surface area (Å²) in [6.45, 7) is 0. The lowest BCUT2D eigenvalue weighted by atomic mass is 10.1. The molecule has 0 saturated heterocycles. The fourth-order valence-electron chi connectivity index (χ4n) is 3.74. The smallest absolute Gasteiger partial charge is 0.255 e. The quantitative estimate of drug-likeness (QED) is 0.437. The topological polar surface area (TPSA) is 66.0 Å². The Morgan fingerprint density at radius 1 is 1.00 bits per heavy atom. The summed E-state index contributed by atoms with van der Waals surface area (Å²) in [5, 5.41) is 4.17. The van der Waals surface area contributed by atoms with E-state index >= 15 is 0 Å². The molecule has 6 nitrogen and oxygen atoms in total. The molecule has 2 N–H and O–H groups in total. The maximum atomic E-state index is 12.6. The van der Waals surface area contributed by atoms with Crippen molar-refractivity contribution < 1.29 is 4.79 Å². The summed E-state index contributed by atoms with van der Waals surface area (Å²) in [5.41, 5.74) is 6.30. The van der Waals surface area contributed by atoms with Crippen molar-refractivity contribution in [2.75, 3.05) is 24.3 Å². The van der Waals surface area contributed by atoms with E-state index in [-0.39, 0.29) is 5.91 Å². The minimum Gasteiger partial charge on any atom is -0.378 e. The van der Waals surface area contributed by atoms with Crippen molar-refractivity contribution in [1.82, 2.24) is 14.5 Å². The highest BCUT2D eigenvalue weighted by molar-refractivity contribution is 6.05. The first-order valence-electron chi connectivity index (χ1n) is 10.1. The van der Waals surface area contributed by atoms with Gasteiger partial charge < -0.3 is 19.8 Å². The number of carbonyl (C=O) groups excluding carboxylic acids is 1. The van der Waals surface area contributed by atoms with E-state index in [1.165, 1.54) is 5.39 Å². The zero-order valence-electron chi connectivity index (χ0n) is 17.7. The van der Waals surface area contributed by atoms with Gasteiger partial charge >= 0.3 is 0 Å². The molecule has 1 amide bonds. The molecule has 0 radical (unpaired) electrons. The zero-order valence-corrected chi connectivity index (χ0v) is 17.7. The van der Waals surface area contributed by atoms with Gasteiger partial charge in [0.25, 0.3) is 5.91 Å². The summed E-state index contributed by atoms with van der Waals surface area (Å²) in [4.78, 5) is 22.8. The van der Waals surface area contributed by atoms with Crippen LogP contribution in [0.25, 0.3) is 33.3 Å². The van der Waals surface area contributed by atoms with E-state index < -0.39 is 0 Å². The number of carbonyl (C=O) groups is 1. The molecular weight excluding hydrogens is 386 g/mol. The summed E-state index contributed by atoms with van der Waals surface area (Å²) < 4.78 is 2.10. The fourth-order valence-corrected chi connectivity index (χ4v) is 3.74. The molecular formula is C25H23N5O. The maximum absolute atomic E-state index is 12.6. The summed E-state index contributed by atoms with van der Waals surface area (Å²) in [5.74, 6) is 0.662. The second-order valence-corrected chi connectivity index (χ2v) is 7.91. The van der Waals surface area contributed by atoms with Crippen molar-refractivity contribution in [3.63, 3.8) is 0 Å². The van der Waals surface area contributed by atoms with Crippen LogP contribution in [0.1, 0.15) is 10.4 Å². The standard InChI is InChI=1S/C25H23N5O/c1-29(2)20-9-6-17(7-10-20)25(31)26-19-8-11-21-22(15-19)28-24(27-21)18-5-4-16-12-13-30(3)23(16)14-18/h4-15H,1-3H3,(H,26,31)(H,27,28). The van der Waals surface area contributed by atoms with E-state index in [9.17, 15) is 4.79 Å². The van der Waals surface area contributed by atoms with E-state index in [2.05, 4.69) is 45.3 Å². The van der Waals surface area contributed by atoms with Crippen molar-refractivity contribution in [2.45, 2.75) is 0 Å². The SMILES string of the molecule is CN(C)c1ccc(C(=O)Nc2ccc3[nH]c(-c4ccc5ccn(C)c5c4)nc3c2)cc1. The van der Waals surface area contributed by atoms with Crippen molar-refractivity contribution in [2.24, 2.45) is 7.05 Å². The number of hydrogen-bond donors (Lipinski definition) is 2. The molecule has 0 saturated carbocycles. The Hall–Kier alpha value is -4.06. The highest BCUT2D eigenvalue weighted by Gasteiger charge is 2.10. The molecule has 2 aromatic heterocycles. The summed E-state index contributed by atoms with van der Waals surface area (Å²) in [7, 11) is 5.98. The highest BCUT2D eigenvalue weighted by Crippen LogP contribution is 2.26. The normalized spacial score (nSPS) is 11.2. The summed E-state index contributed by atoms with van der Waals surface area (Å²) >= 11 is 0. The highest BCUT2D eigenvalue weighted by atomic mass is 16.1. The van der Waals surface area contributed by atoms with Gasteiger partial charge in [-0.1, -0.05) is 12.1 Å². The van der Waals surface area contributed by atoms with E-state index in [0.717, 1.165) is 33.6 Å². The molecule has 5 rings (SSSR count). The number of rotatable bonds is 4. The van der Waals surface area contributed by atoms with Crippen molar-refractivity contribution in [3.8, 4) is 11.4 Å². The van der Waals surface area contributed by atoms with Crippen LogP contribution in [0.4, 0.5) is 11.4 Å². The van der Waals surface area contributed by atoms with Gasteiger partial charge in [0, 0.05) is 55.4 Å². The number of nitrogens with zero attached hydrogens (tertiary/aromatic N) is 3. The molecule has 31 heavy (non-hydrogen) atoms. The molecule has 0 unspecified atom stereocenters. The zero-order chi connectivity index (χ0) is 21.5. The number of H-pyrrole nitrogens is 1. The molecule has 0 aliphatic rings. The molecule has 154 valence electrons. The first kappa shape index (κ1) is 18.9. The number of imidazole rings is 1. The van der Waals surface area contributed by atoms with Gasteiger partial charge in [0.05, 0.1) is 11.0 Å². The van der Waals surface area contributed by atoms with Crippen LogP contribution < -0.4 is 10.2 Å². The number of hydrogen-bond acceptors (Lipinski definition) is 3. The number of aromatic nitrogens is 3. The Balaban J connectivity index is 1.41. The van der Waals surface area contributed by atoms with Crippen molar-refractivity contribution in [1.29, 1.82) is 0 Å². The maximum Gasteiger partial charge on any atom is 0.255 e. The third-order valence-corrected chi connectivity index (χ3v) is 5.55. The predicted octanol–water partition coefficient (Wildman–Crippen LogP) is 5.04. The Kier molecular flexibility index (Phi) is 4.47. The molecule has 0 bridgehead atoms. The van der Waals surface area contributed by atoms with Gasteiger partial charge in [-0.3, -0.25) is 4.79 Å². The average Bonchev–Trinajstić information content (AvgIpc) is 3.36. The number of nitrogens with one attached hydrogen (secondary N) is 2. The first-order chi connectivity index (χ1) is 15.0. The Bertz CT molecular complexity index is 1410.